The maximum absolute atomic E-state index is 12.2. The van der Waals surface area contributed by atoms with Crippen molar-refractivity contribution < 1.29 is 14.6 Å². The van der Waals surface area contributed by atoms with Crippen LogP contribution in [0.2, 0.25) is 0 Å². The number of urea groups is 1. The molecular formula is C15H24N2O3. The fourth-order valence-corrected chi connectivity index (χ4v) is 2.06. The van der Waals surface area contributed by atoms with E-state index in [9.17, 15) is 9.90 Å². The van der Waals surface area contributed by atoms with Crippen molar-refractivity contribution in [3.8, 4) is 0 Å². The number of aliphatic hydroxyl groups is 1. The second-order valence-electron chi connectivity index (χ2n) is 4.82. The van der Waals surface area contributed by atoms with E-state index in [1.54, 1.807) is 31.1 Å². The standard InChI is InChI=1S/C15H24N2O3/c1-5-17(11(2)10-20-4)15(19)16-14-8-6-7-13(9-14)12(3)18/h6-9,11-12,18H,5,10H2,1-4H3,(H,16,19). The van der Waals surface area contributed by atoms with E-state index in [1.807, 2.05) is 26.0 Å². The van der Waals surface area contributed by atoms with Crippen LogP contribution in [0.3, 0.4) is 0 Å². The third kappa shape index (κ3) is 4.51. The molecule has 0 bridgehead atoms. The summed E-state index contributed by atoms with van der Waals surface area (Å²) in [5.74, 6) is 0. The Morgan fingerprint density at radius 2 is 2.15 bits per heavy atom. The zero-order valence-corrected chi connectivity index (χ0v) is 12.6. The number of methoxy groups -OCH3 is 1. The van der Waals surface area contributed by atoms with E-state index >= 15 is 0 Å². The minimum Gasteiger partial charge on any atom is -0.389 e. The Balaban J connectivity index is 2.75. The van der Waals surface area contributed by atoms with Crippen molar-refractivity contribution in [2.24, 2.45) is 0 Å². The van der Waals surface area contributed by atoms with E-state index in [-0.39, 0.29) is 12.1 Å². The number of anilines is 1. The number of carbonyl (C=O) groups is 1. The number of hydrogen-bond acceptors (Lipinski definition) is 3. The Hall–Kier alpha value is -1.59. The SMILES string of the molecule is CCN(C(=O)Nc1cccc(C(C)O)c1)C(C)COC. The van der Waals surface area contributed by atoms with Crippen LogP contribution < -0.4 is 5.32 Å². The van der Waals surface area contributed by atoms with Crippen LogP contribution in [0.25, 0.3) is 0 Å². The van der Waals surface area contributed by atoms with E-state index in [4.69, 9.17) is 4.74 Å². The first-order valence-electron chi connectivity index (χ1n) is 6.84. The van der Waals surface area contributed by atoms with Crippen LogP contribution in [0, 0.1) is 0 Å². The van der Waals surface area contributed by atoms with E-state index in [0.717, 1.165) is 5.56 Å². The lowest BCUT2D eigenvalue weighted by Gasteiger charge is -2.27. The van der Waals surface area contributed by atoms with Gasteiger partial charge in [-0.15, -0.1) is 0 Å². The lowest BCUT2D eigenvalue weighted by atomic mass is 10.1. The second-order valence-corrected chi connectivity index (χ2v) is 4.82. The predicted octanol–water partition coefficient (Wildman–Crippen LogP) is 2.63. The molecule has 2 atom stereocenters. The van der Waals surface area contributed by atoms with Gasteiger partial charge in [0.15, 0.2) is 0 Å². The smallest absolute Gasteiger partial charge is 0.322 e. The number of likely N-dealkylation sites (N-methyl/N-ethyl adjacent to an activating group) is 1. The molecule has 2 amide bonds. The summed E-state index contributed by atoms with van der Waals surface area (Å²) in [5, 5.41) is 12.4. The van der Waals surface area contributed by atoms with Crippen LogP contribution in [0.4, 0.5) is 10.5 Å². The summed E-state index contributed by atoms with van der Waals surface area (Å²) in [6.45, 7) is 6.66. The molecular weight excluding hydrogens is 256 g/mol. The van der Waals surface area contributed by atoms with E-state index in [1.165, 1.54) is 0 Å². The lowest BCUT2D eigenvalue weighted by molar-refractivity contribution is 0.119. The van der Waals surface area contributed by atoms with Gasteiger partial charge in [-0.25, -0.2) is 4.79 Å². The molecule has 20 heavy (non-hydrogen) atoms. The van der Waals surface area contributed by atoms with Gasteiger partial charge in [0, 0.05) is 19.3 Å². The third-order valence-electron chi connectivity index (χ3n) is 3.16. The molecule has 1 rings (SSSR count). The largest absolute Gasteiger partial charge is 0.389 e. The van der Waals surface area contributed by atoms with Crippen LogP contribution in [0.15, 0.2) is 24.3 Å². The minimum absolute atomic E-state index is 0.00458. The van der Waals surface area contributed by atoms with E-state index < -0.39 is 6.10 Å². The van der Waals surface area contributed by atoms with Crippen LogP contribution >= 0.6 is 0 Å². The molecule has 0 aliphatic rings. The fourth-order valence-electron chi connectivity index (χ4n) is 2.06. The molecule has 0 aliphatic heterocycles. The molecule has 2 unspecified atom stereocenters. The summed E-state index contributed by atoms with van der Waals surface area (Å²) in [4.78, 5) is 13.9. The molecule has 0 fully saturated rings. The minimum atomic E-state index is -0.554. The van der Waals surface area contributed by atoms with E-state index in [2.05, 4.69) is 5.32 Å². The highest BCUT2D eigenvalue weighted by molar-refractivity contribution is 5.89. The Bertz CT molecular complexity index is 435. The van der Waals surface area contributed by atoms with Crippen molar-refractivity contribution in [1.82, 2.24) is 4.90 Å². The molecule has 0 heterocycles. The molecule has 0 saturated heterocycles. The van der Waals surface area contributed by atoms with Crippen LogP contribution in [0.1, 0.15) is 32.4 Å². The molecule has 0 saturated carbocycles. The van der Waals surface area contributed by atoms with Crippen LogP contribution in [0.5, 0.6) is 0 Å². The monoisotopic (exact) mass is 280 g/mol. The number of aliphatic hydroxyl groups excluding tert-OH is 1. The van der Waals surface area contributed by atoms with Gasteiger partial charge < -0.3 is 20.1 Å². The highest BCUT2D eigenvalue weighted by Crippen LogP contribution is 2.17. The Morgan fingerprint density at radius 3 is 2.70 bits per heavy atom. The molecule has 0 spiro atoms. The molecule has 5 heteroatoms. The lowest BCUT2D eigenvalue weighted by Crippen LogP contribution is -2.43. The molecule has 2 N–H and O–H groups in total. The Labute approximate surface area is 120 Å². The van der Waals surface area contributed by atoms with Gasteiger partial charge in [0.05, 0.1) is 18.8 Å². The number of ether oxygens (including phenoxy) is 1. The topological polar surface area (TPSA) is 61.8 Å². The molecule has 5 nitrogen and oxygen atoms in total. The summed E-state index contributed by atoms with van der Waals surface area (Å²) in [6, 6.07) is 7.05. The van der Waals surface area contributed by atoms with Crippen molar-refractivity contribution in [3.63, 3.8) is 0 Å². The van der Waals surface area contributed by atoms with Crippen molar-refractivity contribution >= 4 is 11.7 Å². The van der Waals surface area contributed by atoms with Gasteiger partial charge in [-0.3, -0.25) is 0 Å². The molecule has 1 aromatic carbocycles. The zero-order valence-electron chi connectivity index (χ0n) is 12.6. The van der Waals surface area contributed by atoms with Gasteiger partial charge in [0.2, 0.25) is 0 Å². The fraction of sp³-hybridized carbons (Fsp3) is 0.533. The van der Waals surface area contributed by atoms with Crippen LogP contribution in [-0.2, 0) is 4.74 Å². The van der Waals surface area contributed by atoms with Crippen molar-refractivity contribution in [2.75, 3.05) is 25.6 Å². The van der Waals surface area contributed by atoms with E-state index in [0.29, 0.717) is 18.8 Å². The Kier molecular flexibility index (Phi) is 6.48. The number of rotatable bonds is 6. The first-order valence-corrected chi connectivity index (χ1v) is 6.84. The Morgan fingerprint density at radius 1 is 1.45 bits per heavy atom. The van der Waals surface area contributed by atoms with Crippen molar-refractivity contribution in [2.45, 2.75) is 32.9 Å². The second kappa shape index (κ2) is 7.87. The highest BCUT2D eigenvalue weighted by Gasteiger charge is 2.18. The maximum Gasteiger partial charge on any atom is 0.322 e. The quantitative estimate of drug-likeness (QED) is 0.842. The van der Waals surface area contributed by atoms with Gasteiger partial charge in [0.1, 0.15) is 0 Å². The maximum atomic E-state index is 12.2. The summed E-state index contributed by atoms with van der Waals surface area (Å²) in [7, 11) is 1.62. The van der Waals surface area contributed by atoms with Gasteiger partial charge in [-0.05, 0) is 38.5 Å². The van der Waals surface area contributed by atoms with Gasteiger partial charge in [0.25, 0.3) is 0 Å². The molecule has 1 aromatic rings. The summed E-state index contributed by atoms with van der Waals surface area (Å²) >= 11 is 0. The predicted molar refractivity (Wildman–Crippen MR) is 79.8 cm³/mol. The average molecular weight is 280 g/mol. The summed E-state index contributed by atoms with van der Waals surface area (Å²) in [6.07, 6.45) is -0.554. The van der Waals surface area contributed by atoms with Crippen LogP contribution in [-0.4, -0.2) is 42.3 Å². The third-order valence-corrected chi connectivity index (χ3v) is 3.16. The number of nitrogens with zero attached hydrogens (tertiary/aromatic N) is 1. The molecule has 0 radical (unpaired) electrons. The van der Waals surface area contributed by atoms with Gasteiger partial charge in [-0.2, -0.15) is 0 Å². The number of carbonyl (C=O) groups excluding carboxylic acids is 1. The van der Waals surface area contributed by atoms with Gasteiger partial charge in [-0.1, -0.05) is 12.1 Å². The summed E-state index contributed by atoms with van der Waals surface area (Å²) < 4.78 is 5.08. The number of hydrogen-bond donors (Lipinski definition) is 2. The normalized spacial score (nSPS) is 13.7. The molecule has 112 valence electrons. The van der Waals surface area contributed by atoms with Crippen molar-refractivity contribution in [1.29, 1.82) is 0 Å². The first-order chi connectivity index (χ1) is 9.49. The number of amides is 2. The van der Waals surface area contributed by atoms with Gasteiger partial charge >= 0.3 is 6.03 Å². The molecule has 0 aromatic heterocycles. The zero-order chi connectivity index (χ0) is 15.1. The molecule has 0 aliphatic carbocycles. The highest BCUT2D eigenvalue weighted by atomic mass is 16.5. The summed E-state index contributed by atoms with van der Waals surface area (Å²) in [5.41, 5.74) is 1.45. The average Bonchev–Trinajstić information content (AvgIpc) is 2.40. The number of benzene rings is 1. The first kappa shape index (κ1) is 16.5. The number of nitrogens with one attached hydrogen (secondary N) is 1. The van der Waals surface area contributed by atoms with Crippen molar-refractivity contribution in [3.05, 3.63) is 29.8 Å².